The van der Waals surface area contributed by atoms with Crippen molar-refractivity contribution in [3.63, 3.8) is 0 Å². The van der Waals surface area contributed by atoms with Crippen LogP contribution in [0.5, 0.6) is 0 Å². The smallest absolute Gasteiger partial charge is 0.207 e. The fraction of sp³-hybridized carbons (Fsp3) is 0.967. The summed E-state index contributed by atoms with van der Waals surface area (Å²) in [5.74, 6) is 2.02. The van der Waals surface area contributed by atoms with Crippen molar-refractivity contribution in [3.8, 4) is 0 Å². The Morgan fingerprint density at radius 2 is 1.31 bits per heavy atom. The molecule has 0 saturated heterocycles. The average Bonchev–Trinajstić information content (AvgIpc) is 2.80. The summed E-state index contributed by atoms with van der Waals surface area (Å²) in [6, 6.07) is 0. The molecule has 236 valence electrons. The number of carbonyl (C=O) groups is 1. The van der Waals surface area contributed by atoms with E-state index in [0.717, 1.165) is 25.9 Å². The van der Waals surface area contributed by atoms with Gasteiger partial charge in [0.05, 0.1) is 31.0 Å². The van der Waals surface area contributed by atoms with E-state index in [0.29, 0.717) is 30.9 Å². The van der Waals surface area contributed by atoms with Crippen molar-refractivity contribution in [2.75, 3.05) is 26.4 Å². The summed E-state index contributed by atoms with van der Waals surface area (Å²) in [6.07, 6.45) is 0.749. The Hall–Kier alpha value is -0.810. The van der Waals surface area contributed by atoms with E-state index in [1.54, 1.807) is 0 Å². The highest BCUT2D eigenvalue weighted by atomic mass is 16.5. The molecule has 0 spiro atoms. The monoisotopic (exact) mass is 565 g/mol. The summed E-state index contributed by atoms with van der Waals surface area (Å²) in [7, 11) is 0. The van der Waals surface area contributed by atoms with Gasteiger partial charge in [0.1, 0.15) is 18.3 Å². The summed E-state index contributed by atoms with van der Waals surface area (Å²) >= 11 is 0. The van der Waals surface area contributed by atoms with Crippen molar-refractivity contribution in [1.82, 2.24) is 5.32 Å². The van der Waals surface area contributed by atoms with Crippen LogP contribution < -0.4 is 5.32 Å². The molecule has 39 heavy (non-hydrogen) atoms. The van der Waals surface area contributed by atoms with Crippen LogP contribution in [-0.4, -0.2) is 94.4 Å². The highest BCUT2D eigenvalue weighted by Crippen LogP contribution is 2.41. The van der Waals surface area contributed by atoms with Crippen molar-refractivity contribution in [3.05, 3.63) is 0 Å². The maximum Gasteiger partial charge on any atom is 0.207 e. The van der Waals surface area contributed by atoms with E-state index in [1.165, 1.54) is 26.2 Å². The van der Waals surface area contributed by atoms with E-state index in [-0.39, 0.29) is 17.1 Å². The van der Waals surface area contributed by atoms with Crippen molar-refractivity contribution < 1.29 is 39.8 Å². The first-order valence-corrected chi connectivity index (χ1v) is 14.7. The third-order valence-electron chi connectivity index (χ3n) is 6.60. The van der Waals surface area contributed by atoms with Crippen molar-refractivity contribution in [1.29, 1.82) is 0 Å². The van der Waals surface area contributed by atoms with Crippen LogP contribution in [0, 0.1) is 23.2 Å². The van der Waals surface area contributed by atoms with Gasteiger partial charge >= 0.3 is 0 Å². The van der Waals surface area contributed by atoms with Gasteiger partial charge in [-0.15, -0.1) is 0 Å². The van der Waals surface area contributed by atoms with Gasteiger partial charge in [0.25, 0.3) is 0 Å². The van der Waals surface area contributed by atoms with Gasteiger partial charge in [-0.3, -0.25) is 4.79 Å². The maximum atomic E-state index is 10.3. The molecular weight excluding hydrogens is 502 g/mol. The molecule has 0 aromatic heterocycles. The Morgan fingerprint density at radius 1 is 0.821 bits per heavy atom. The van der Waals surface area contributed by atoms with Gasteiger partial charge in [0, 0.05) is 13.2 Å². The van der Waals surface area contributed by atoms with Gasteiger partial charge in [0.2, 0.25) is 6.41 Å². The molecule has 1 amide bonds. The second-order valence-electron chi connectivity index (χ2n) is 13.1. The summed E-state index contributed by atoms with van der Waals surface area (Å²) in [6.45, 7) is 23.2. The van der Waals surface area contributed by atoms with E-state index in [1.807, 2.05) is 0 Å². The summed E-state index contributed by atoms with van der Waals surface area (Å²) in [4.78, 5) is 10.3. The third-order valence-corrected chi connectivity index (χ3v) is 6.60. The number of aliphatic hydroxyl groups excluding tert-OH is 5. The number of nitrogens with one attached hydrogen (secondary N) is 1. The molecule has 9 nitrogen and oxygen atoms in total. The predicted octanol–water partition coefficient (Wildman–Crippen LogP) is 3.28. The van der Waals surface area contributed by atoms with Crippen LogP contribution in [0.1, 0.15) is 101 Å². The van der Waals surface area contributed by atoms with Crippen molar-refractivity contribution in [2.45, 2.75) is 137 Å². The Balaban J connectivity index is 0. The first kappa shape index (κ1) is 40.3. The molecule has 0 aromatic carbocycles. The van der Waals surface area contributed by atoms with Crippen LogP contribution in [0.2, 0.25) is 0 Å². The van der Waals surface area contributed by atoms with Crippen LogP contribution in [0.3, 0.4) is 0 Å². The Labute approximate surface area is 238 Å². The average molecular weight is 566 g/mol. The topological polar surface area (TPSA) is 149 Å². The number of aliphatic hydroxyl groups is 5. The summed E-state index contributed by atoms with van der Waals surface area (Å²) in [5, 5.41) is 46.4. The molecule has 9 heteroatoms. The van der Waals surface area contributed by atoms with Crippen LogP contribution >= 0.6 is 0 Å². The van der Waals surface area contributed by atoms with Gasteiger partial charge in [-0.25, -0.2) is 0 Å². The molecule has 0 radical (unpaired) electrons. The van der Waals surface area contributed by atoms with Gasteiger partial charge in [-0.05, 0) is 83.0 Å². The molecule has 0 bridgehead atoms. The van der Waals surface area contributed by atoms with Gasteiger partial charge in [-0.1, -0.05) is 41.5 Å². The second-order valence-corrected chi connectivity index (χ2v) is 13.1. The lowest BCUT2D eigenvalue weighted by Gasteiger charge is -2.41. The van der Waals surface area contributed by atoms with E-state index in [4.69, 9.17) is 35.0 Å². The Kier molecular flexibility index (Phi) is 21.7. The highest BCUT2D eigenvalue weighted by Gasteiger charge is 2.35. The quantitative estimate of drug-likeness (QED) is 0.0917. The molecule has 0 saturated carbocycles. The zero-order valence-electron chi connectivity index (χ0n) is 26.5. The lowest BCUT2D eigenvalue weighted by molar-refractivity contribution is -0.110. The molecule has 0 aliphatic carbocycles. The van der Waals surface area contributed by atoms with Crippen LogP contribution in [0.15, 0.2) is 0 Å². The van der Waals surface area contributed by atoms with E-state index in [9.17, 15) is 4.79 Å². The zero-order chi connectivity index (χ0) is 30.8. The molecule has 0 aliphatic rings. The molecular formula is C30H63NO8. The number of rotatable bonds is 21. The number of hydrogen-bond acceptors (Lipinski definition) is 8. The first-order chi connectivity index (χ1) is 17.9. The Bertz CT molecular complexity index is 571. The van der Waals surface area contributed by atoms with Crippen LogP contribution in [0.25, 0.3) is 0 Å². The lowest BCUT2D eigenvalue weighted by atomic mass is 9.70. The molecule has 6 N–H and O–H groups in total. The minimum atomic E-state index is -1.51. The fourth-order valence-corrected chi connectivity index (χ4v) is 5.00. The molecule has 5 atom stereocenters. The van der Waals surface area contributed by atoms with Crippen LogP contribution in [-0.2, 0) is 14.3 Å². The second kappa shape index (κ2) is 21.0. The van der Waals surface area contributed by atoms with E-state index < -0.39 is 31.0 Å². The highest BCUT2D eigenvalue weighted by molar-refractivity contribution is 5.45. The number of amides is 1. The molecule has 0 aliphatic heterocycles. The van der Waals surface area contributed by atoms with E-state index in [2.05, 4.69) is 67.6 Å². The van der Waals surface area contributed by atoms with Crippen molar-refractivity contribution in [2.24, 2.45) is 23.2 Å². The molecule has 0 heterocycles. The number of ether oxygens (including phenoxy) is 2. The molecule has 5 unspecified atom stereocenters. The standard InChI is InChI=1S/C24H49NO3.C6H14O5/c1-19(2)14-24(15-20(3)4,16-21(5)6)17-28-23(8,9)11-13-27-22(7)10-12-25-18-26;1-3(8)5(10)6(11)4(9)2-7/h18-22H,10-17H2,1-9H3,(H,25,26);3-11H,2H2,1H3. The molecule has 0 aromatic rings. The zero-order valence-corrected chi connectivity index (χ0v) is 26.5. The number of carbonyl (C=O) groups excluding carboxylic acids is 1. The lowest BCUT2D eigenvalue weighted by Crippen LogP contribution is -2.44. The summed E-state index contributed by atoms with van der Waals surface area (Å²) < 4.78 is 12.5. The SMILES string of the molecule is CC(C)CC(COC(C)(C)CCOC(C)CCNC=O)(CC(C)C)CC(C)C.CC(O)C(O)C(O)C(O)CO. The predicted molar refractivity (Wildman–Crippen MR) is 156 cm³/mol. The first-order valence-electron chi connectivity index (χ1n) is 14.7. The fourth-order valence-electron chi connectivity index (χ4n) is 5.00. The van der Waals surface area contributed by atoms with Gasteiger partial charge in [0.15, 0.2) is 0 Å². The molecule has 0 rings (SSSR count). The maximum absolute atomic E-state index is 10.3. The van der Waals surface area contributed by atoms with Gasteiger partial charge in [-0.2, -0.15) is 0 Å². The van der Waals surface area contributed by atoms with Gasteiger partial charge < -0.3 is 40.3 Å². The normalized spacial score (nSPS) is 16.5. The third kappa shape index (κ3) is 20.7. The van der Waals surface area contributed by atoms with E-state index >= 15 is 0 Å². The minimum Gasteiger partial charge on any atom is -0.394 e. The largest absolute Gasteiger partial charge is 0.394 e. The Morgan fingerprint density at radius 3 is 1.69 bits per heavy atom. The molecule has 0 fully saturated rings. The summed E-state index contributed by atoms with van der Waals surface area (Å²) in [5.41, 5.74) is 0.0549. The minimum absolute atomic E-state index is 0.144. The van der Waals surface area contributed by atoms with Crippen molar-refractivity contribution >= 4 is 6.41 Å². The number of hydrogen-bond donors (Lipinski definition) is 6. The van der Waals surface area contributed by atoms with Crippen LogP contribution in [0.4, 0.5) is 0 Å².